The van der Waals surface area contributed by atoms with E-state index in [1.807, 2.05) is 25.1 Å². The fourth-order valence-electron chi connectivity index (χ4n) is 5.60. The van der Waals surface area contributed by atoms with Crippen LogP contribution in [0.15, 0.2) is 42.6 Å². The highest BCUT2D eigenvalue weighted by Gasteiger charge is 2.50. The minimum absolute atomic E-state index is 0.0215. The number of aryl methyl sites for hydroxylation is 1. The number of hydrogen-bond donors (Lipinski definition) is 2. The summed E-state index contributed by atoms with van der Waals surface area (Å²) in [5.41, 5.74) is 2.29. The van der Waals surface area contributed by atoms with E-state index in [0.29, 0.717) is 74.7 Å². The molecule has 1 spiro atoms. The van der Waals surface area contributed by atoms with E-state index in [1.165, 1.54) is 0 Å². The number of amides is 2. The molecule has 2 aliphatic heterocycles. The number of rotatable bonds is 6. The predicted octanol–water partition coefficient (Wildman–Crippen LogP) is 3.99. The average molecular weight is 519 g/mol. The number of carbonyl (C=O) groups excluding carboxylic acids is 2. The Morgan fingerprint density at radius 1 is 1.13 bits per heavy atom. The number of carbonyl (C=O) groups is 2. The van der Waals surface area contributed by atoms with Gasteiger partial charge in [-0.2, -0.15) is 0 Å². The molecule has 38 heavy (non-hydrogen) atoms. The summed E-state index contributed by atoms with van der Waals surface area (Å²) in [5.74, 6) is 0.908. The number of aliphatic hydroxyl groups is 1. The minimum atomic E-state index is -0.856. The Morgan fingerprint density at radius 2 is 1.97 bits per heavy atom. The molecule has 10 heteroatoms. The third kappa shape index (κ3) is 4.60. The topological polar surface area (TPSA) is 123 Å². The highest BCUT2D eigenvalue weighted by molar-refractivity contribution is 5.97. The number of ether oxygens (including phenoxy) is 3. The maximum atomic E-state index is 12.9. The van der Waals surface area contributed by atoms with Crippen LogP contribution in [0.5, 0.6) is 11.6 Å². The predicted molar refractivity (Wildman–Crippen MR) is 140 cm³/mol. The first-order valence-corrected chi connectivity index (χ1v) is 13.0. The molecule has 10 nitrogen and oxygen atoms in total. The Balaban J connectivity index is 1.12. The second-order valence-electron chi connectivity index (χ2n) is 10.3. The molecule has 2 N–H and O–H groups in total. The summed E-state index contributed by atoms with van der Waals surface area (Å²) < 4.78 is 16.9. The third-order valence-corrected chi connectivity index (χ3v) is 7.76. The van der Waals surface area contributed by atoms with Crippen molar-refractivity contribution in [2.75, 3.05) is 30.0 Å². The smallest absolute Gasteiger partial charge is 0.415 e. The first kappa shape index (κ1) is 24.4. The lowest BCUT2D eigenvalue weighted by Gasteiger charge is -2.40. The molecule has 1 saturated carbocycles. The van der Waals surface area contributed by atoms with Gasteiger partial charge in [-0.1, -0.05) is 0 Å². The number of fused-ring (bicyclic) bond motifs is 2. The molecule has 2 amide bonds. The van der Waals surface area contributed by atoms with Crippen LogP contribution in [0.1, 0.15) is 44.6 Å². The number of nitrogens with zero attached hydrogens (tertiary/aromatic N) is 3. The number of hydrogen-bond acceptors (Lipinski definition) is 8. The minimum Gasteiger partial charge on any atom is -0.482 e. The zero-order valence-electron chi connectivity index (χ0n) is 21.2. The molecule has 0 unspecified atom stereocenters. The van der Waals surface area contributed by atoms with Crippen LogP contribution in [0, 0.1) is 0 Å². The van der Waals surface area contributed by atoms with Crippen molar-refractivity contribution in [2.24, 2.45) is 0 Å². The van der Waals surface area contributed by atoms with Gasteiger partial charge < -0.3 is 24.6 Å². The van der Waals surface area contributed by atoms with E-state index >= 15 is 0 Å². The van der Waals surface area contributed by atoms with Crippen LogP contribution < -0.4 is 19.7 Å². The normalized spacial score (nSPS) is 24.6. The molecule has 2 aromatic heterocycles. The second kappa shape index (κ2) is 9.43. The summed E-state index contributed by atoms with van der Waals surface area (Å²) in [4.78, 5) is 35.2. The summed E-state index contributed by atoms with van der Waals surface area (Å²) in [6, 6.07) is 10.9. The van der Waals surface area contributed by atoms with Gasteiger partial charge in [-0.3, -0.25) is 14.7 Å². The third-order valence-electron chi connectivity index (χ3n) is 7.76. The van der Waals surface area contributed by atoms with Crippen molar-refractivity contribution in [1.82, 2.24) is 9.97 Å². The van der Waals surface area contributed by atoms with Crippen LogP contribution in [0.25, 0.3) is 11.0 Å². The van der Waals surface area contributed by atoms with Crippen LogP contribution >= 0.6 is 0 Å². The maximum absolute atomic E-state index is 12.9. The standard InChI is InChI=1S/C28H30N4O6/c1-2-36-24-6-4-20-25(31-24)18(8-14-29-20)7-9-27(35)10-12-28(13-11-27)17-32(26(34)38-28)19-3-5-22-21(15-19)30-23(33)16-37-22/h3-6,8,14-15,35H,2,7,9-13,16-17H2,1H3,(H,30,33)/t27-,28+. The molecule has 3 aliphatic rings. The Labute approximate surface area is 219 Å². The van der Waals surface area contributed by atoms with Gasteiger partial charge in [0.05, 0.1) is 35.5 Å². The first-order chi connectivity index (χ1) is 18.4. The summed E-state index contributed by atoms with van der Waals surface area (Å²) in [6.45, 7) is 2.83. The van der Waals surface area contributed by atoms with Crippen LogP contribution in [0.3, 0.4) is 0 Å². The van der Waals surface area contributed by atoms with Crippen LogP contribution in [0.4, 0.5) is 16.2 Å². The van der Waals surface area contributed by atoms with E-state index in [-0.39, 0.29) is 12.5 Å². The van der Waals surface area contributed by atoms with Gasteiger partial charge in [0.15, 0.2) is 6.61 Å². The Hall–Kier alpha value is -3.92. The number of anilines is 2. The lowest BCUT2D eigenvalue weighted by atomic mass is 9.73. The maximum Gasteiger partial charge on any atom is 0.415 e. The van der Waals surface area contributed by atoms with Crippen molar-refractivity contribution in [3.05, 3.63) is 48.2 Å². The van der Waals surface area contributed by atoms with Gasteiger partial charge in [-0.25, -0.2) is 9.78 Å². The zero-order valence-corrected chi connectivity index (χ0v) is 21.2. The monoisotopic (exact) mass is 518 g/mol. The molecule has 0 radical (unpaired) electrons. The van der Waals surface area contributed by atoms with Gasteiger partial charge in [0, 0.05) is 18.0 Å². The van der Waals surface area contributed by atoms with E-state index in [2.05, 4.69) is 15.3 Å². The number of benzene rings is 1. The second-order valence-corrected chi connectivity index (χ2v) is 10.3. The van der Waals surface area contributed by atoms with Gasteiger partial charge in [0.2, 0.25) is 5.88 Å². The SMILES string of the molecule is CCOc1ccc2nccc(CC[C@]3(O)CC[C@@]4(CC3)CN(c3ccc5c(c3)NC(=O)CO5)C(=O)O4)c2n1. The summed E-state index contributed by atoms with van der Waals surface area (Å²) in [7, 11) is 0. The van der Waals surface area contributed by atoms with Gasteiger partial charge in [0.25, 0.3) is 5.91 Å². The molecule has 198 valence electrons. The molecule has 0 atom stereocenters. The summed E-state index contributed by atoms with van der Waals surface area (Å²) in [5, 5.41) is 14.2. The Morgan fingerprint density at radius 3 is 2.79 bits per heavy atom. The van der Waals surface area contributed by atoms with Crippen LogP contribution in [0.2, 0.25) is 0 Å². The molecule has 3 aromatic rings. The molecular formula is C28H30N4O6. The summed E-state index contributed by atoms with van der Waals surface area (Å²) >= 11 is 0. The van der Waals surface area contributed by atoms with E-state index in [4.69, 9.17) is 14.2 Å². The Bertz CT molecular complexity index is 1400. The van der Waals surface area contributed by atoms with Crippen molar-refractivity contribution in [3.63, 3.8) is 0 Å². The molecular weight excluding hydrogens is 488 g/mol. The quantitative estimate of drug-likeness (QED) is 0.502. The van der Waals surface area contributed by atoms with Crippen LogP contribution in [-0.2, 0) is 16.0 Å². The number of nitrogens with one attached hydrogen (secondary N) is 1. The van der Waals surface area contributed by atoms with Crippen molar-refractivity contribution in [1.29, 1.82) is 0 Å². The fraction of sp³-hybridized carbons (Fsp3) is 0.429. The lowest BCUT2D eigenvalue weighted by Crippen LogP contribution is -2.45. The van der Waals surface area contributed by atoms with Gasteiger partial charge in [-0.05, 0) is 81.3 Å². The fourth-order valence-corrected chi connectivity index (χ4v) is 5.60. The average Bonchev–Trinajstić information content (AvgIpc) is 3.25. The molecule has 6 rings (SSSR count). The van der Waals surface area contributed by atoms with E-state index in [0.717, 1.165) is 16.6 Å². The molecule has 0 bridgehead atoms. The molecule has 1 aromatic carbocycles. The van der Waals surface area contributed by atoms with Crippen molar-refractivity contribution in [2.45, 2.75) is 56.7 Å². The van der Waals surface area contributed by atoms with E-state index in [9.17, 15) is 14.7 Å². The Kier molecular flexibility index (Phi) is 6.06. The molecule has 1 aliphatic carbocycles. The number of pyridine rings is 2. The van der Waals surface area contributed by atoms with Crippen LogP contribution in [-0.4, -0.2) is 58.0 Å². The summed E-state index contributed by atoms with van der Waals surface area (Å²) in [6.07, 6.45) is 4.78. The first-order valence-electron chi connectivity index (χ1n) is 13.0. The van der Waals surface area contributed by atoms with Crippen molar-refractivity contribution in [3.8, 4) is 11.6 Å². The van der Waals surface area contributed by atoms with Crippen molar-refractivity contribution >= 4 is 34.4 Å². The molecule has 2 fully saturated rings. The van der Waals surface area contributed by atoms with Crippen molar-refractivity contribution < 1.29 is 28.9 Å². The van der Waals surface area contributed by atoms with Gasteiger partial charge >= 0.3 is 6.09 Å². The van der Waals surface area contributed by atoms with Gasteiger partial charge in [-0.15, -0.1) is 0 Å². The highest BCUT2D eigenvalue weighted by atomic mass is 16.6. The lowest BCUT2D eigenvalue weighted by molar-refractivity contribution is -0.118. The largest absolute Gasteiger partial charge is 0.482 e. The zero-order chi connectivity index (χ0) is 26.3. The molecule has 4 heterocycles. The van der Waals surface area contributed by atoms with E-state index < -0.39 is 17.3 Å². The van der Waals surface area contributed by atoms with Gasteiger partial charge in [0.1, 0.15) is 11.4 Å². The number of aromatic nitrogens is 2. The molecule has 1 saturated heterocycles. The highest BCUT2D eigenvalue weighted by Crippen LogP contribution is 2.44. The van der Waals surface area contributed by atoms with E-state index in [1.54, 1.807) is 29.3 Å².